The topological polar surface area (TPSA) is 94.2 Å². The van der Waals surface area contributed by atoms with Crippen LogP contribution in [0.4, 0.5) is 13.6 Å². The van der Waals surface area contributed by atoms with Crippen molar-refractivity contribution in [3.63, 3.8) is 0 Å². The standard InChI is InChI=1S/C14H18FN3O.C14H16FN3O/c2*15-11-3-1-10(2-4-11)13-9-18(14(19)17-13)12-5-7-16-8-6-12/h1-4,12-13,16H,5-9H2,(H,17,19);1-4,9,12,16H,5-8H2,(H,17,19). The maximum Gasteiger partial charge on any atom is 0.326 e. The van der Waals surface area contributed by atoms with Gasteiger partial charge in [0.05, 0.1) is 11.7 Å². The number of halogens is 2. The van der Waals surface area contributed by atoms with Gasteiger partial charge in [0.1, 0.15) is 11.6 Å². The number of amides is 2. The van der Waals surface area contributed by atoms with Gasteiger partial charge in [-0.1, -0.05) is 12.1 Å². The molecule has 4 heterocycles. The summed E-state index contributed by atoms with van der Waals surface area (Å²) < 4.78 is 27.6. The molecule has 0 spiro atoms. The summed E-state index contributed by atoms with van der Waals surface area (Å²) in [5.41, 5.74) is 2.44. The van der Waals surface area contributed by atoms with Crippen molar-refractivity contribution in [2.45, 2.75) is 43.8 Å². The van der Waals surface area contributed by atoms with Crippen molar-refractivity contribution in [1.29, 1.82) is 0 Å². The molecule has 3 aliphatic heterocycles. The Bertz CT molecular complexity index is 1260. The van der Waals surface area contributed by atoms with E-state index >= 15 is 0 Å². The average Bonchev–Trinajstić information content (AvgIpc) is 3.53. The molecule has 1 aromatic heterocycles. The van der Waals surface area contributed by atoms with Crippen LogP contribution in [-0.4, -0.2) is 59.2 Å². The number of carbonyl (C=O) groups is 1. The molecule has 0 saturated carbocycles. The molecule has 1 atom stereocenters. The zero-order valence-corrected chi connectivity index (χ0v) is 21.3. The summed E-state index contributed by atoms with van der Waals surface area (Å²) in [5, 5.41) is 9.56. The van der Waals surface area contributed by atoms with Crippen molar-refractivity contribution in [1.82, 2.24) is 30.4 Å². The van der Waals surface area contributed by atoms with E-state index in [1.807, 2.05) is 11.1 Å². The first kappa shape index (κ1) is 26.1. The number of imidazole rings is 1. The number of carbonyl (C=O) groups excluding carboxylic acids is 1. The Hall–Kier alpha value is -3.50. The van der Waals surface area contributed by atoms with Crippen molar-refractivity contribution in [3.8, 4) is 11.3 Å². The lowest BCUT2D eigenvalue weighted by molar-refractivity contribution is 0.182. The van der Waals surface area contributed by atoms with Crippen LogP contribution in [0.2, 0.25) is 0 Å². The molecule has 4 N–H and O–H groups in total. The number of urea groups is 1. The summed E-state index contributed by atoms with van der Waals surface area (Å²) in [6.45, 7) is 4.49. The second-order valence-electron chi connectivity index (χ2n) is 10.1. The molecule has 6 rings (SSSR count). The van der Waals surface area contributed by atoms with Gasteiger partial charge in [-0.2, -0.15) is 0 Å². The fraction of sp³-hybridized carbons (Fsp3) is 0.429. The molecule has 8 nitrogen and oxygen atoms in total. The molecule has 0 bridgehead atoms. The number of benzene rings is 2. The second-order valence-corrected chi connectivity index (χ2v) is 10.1. The quantitative estimate of drug-likeness (QED) is 0.420. The van der Waals surface area contributed by atoms with Crippen LogP contribution >= 0.6 is 0 Å². The van der Waals surface area contributed by atoms with Crippen molar-refractivity contribution < 1.29 is 13.6 Å². The number of piperidine rings is 2. The van der Waals surface area contributed by atoms with Gasteiger partial charge in [-0.25, -0.2) is 18.4 Å². The zero-order valence-electron chi connectivity index (χ0n) is 21.3. The number of nitrogens with one attached hydrogen (secondary N) is 4. The molecule has 3 aromatic rings. The highest BCUT2D eigenvalue weighted by molar-refractivity contribution is 5.77. The van der Waals surface area contributed by atoms with Crippen molar-refractivity contribution >= 4 is 6.03 Å². The molecule has 3 fully saturated rings. The third-order valence-corrected chi connectivity index (χ3v) is 7.56. The van der Waals surface area contributed by atoms with Crippen LogP contribution in [0.3, 0.4) is 0 Å². The number of aromatic nitrogens is 2. The van der Waals surface area contributed by atoms with Crippen LogP contribution in [0, 0.1) is 11.6 Å². The lowest BCUT2D eigenvalue weighted by Gasteiger charge is -2.30. The number of rotatable bonds is 4. The lowest BCUT2D eigenvalue weighted by atomic mass is 10.0. The Balaban J connectivity index is 0.000000155. The monoisotopic (exact) mass is 524 g/mol. The Labute approximate surface area is 220 Å². The summed E-state index contributed by atoms with van der Waals surface area (Å²) in [6.07, 6.45) is 5.76. The van der Waals surface area contributed by atoms with E-state index in [9.17, 15) is 18.4 Å². The number of nitrogens with zero attached hydrogens (tertiary/aromatic N) is 2. The molecular weight excluding hydrogens is 490 g/mol. The van der Waals surface area contributed by atoms with E-state index in [0.717, 1.165) is 68.7 Å². The largest absolute Gasteiger partial charge is 0.329 e. The SMILES string of the molecule is O=C1NC(c2ccc(F)cc2)CN1C1CCNCC1.O=c1[nH]c(-c2ccc(F)cc2)cn1C1CCNCC1. The minimum atomic E-state index is -0.274. The number of hydrogen-bond acceptors (Lipinski definition) is 4. The molecule has 2 amide bonds. The van der Waals surface area contributed by atoms with Crippen molar-refractivity contribution in [2.24, 2.45) is 0 Å². The Morgan fingerprint density at radius 1 is 0.737 bits per heavy atom. The second kappa shape index (κ2) is 11.9. The van der Waals surface area contributed by atoms with Gasteiger partial charge in [0.15, 0.2) is 0 Å². The first-order valence-corrected chi connectivity index (χ1v) is 13.3. The third-order valence-electron chi connectivity index (χ3n) is 7.56. The first-order valence-electron chi connectivity index (χ1n) is 13.3. The van der Waals surface area contributed by atoms with Gasteiger partial charge in [0, 0.05) is 24.8 Å². The van der Waals surface area contributed by atoms with Crippen LogP contribution in [0.15, 0.2) is 59.5 Å². The number of H-pyrrole nitrogens is 1. The lowest BCUT2D eigenvalue weighted by Crippen LogP contribution is -2.44. The van der Waals surface area contributed by atoms with Crippen molar-refractivity contribution in [2.75, 3.05) is 32.7 Å². The molecule has 0 aliphatic carbocycles. The van der Waals surface area contributed by atoms with E-state index in [-0.39, 0.29) is 35.4 Å². The van der Waals surface area contributed by atoms with Gasteiger partial charge in [0.25, 0.3) is 0 Å². The van der Waals surface area contributed by atoms with Crippen LogP contribution in [0.1, 0.15) is 43.3 Å². The molecule has 0 radical (unpaired) electrons. The van der Waals surface area contributed by atoms with Crippen LogP contribution in [-0.2, 0) is 0 Å². The van der Waals surface area contributed by atoms with Crippen LogP contribution in [0.25, 0.3) is 11.3 Å². The molecule has 202 valence electrons. The predicted octanol–water partition coefficient (Wildman–Crippen LogP) is 3.55. The highest BCUT2D eigenvalue weighted by atomic mass is 19.1. The summed E-state index contributed by atoms with van der Waals surface area (Å²) >= 11 is 0. The average molecular weight is 525 g/mol. The molecule has 3 saturated heterocycles. The van der Waals surface area contributed by atoms with E-state index in [1.54, 1.807) is 28.8 Å². The molecule has 2 aromatic carbocycles. The minimum absolute atomic E-state index is 0.00113. The summed E-state index contributed by atoms with van der Waals surface area (Å²) in [7, 11) is 0. The van der Waals surface area contributed by atoms with Crippen molar-refractivity contribution in [3.05, 3.63) is 82.4 Å². The smallest absolute Gasteiger partial charge is 0.326 e. The maximum atomic E-state index is 12.9. The van der Waals surface area contributed by atoms with E-state index in [1.165, 1.54) is 24.3 Å². The normalized spacial score (nSPS) is 20.6. The van der Waals surface area contributed by atoms with E-state index in [4.69, 9.17) is 0 Å². The molecule has 38 heavy (non-hydrogen) atoms. The van der Waals surface area contributed by atoms with Crippen LogP contribution < -0.4 is 21.6 Å². The summed E-state index contributed by atoms with van der Waals surface area (Å²) in [4.78, 5) is 28.8. The molecule has 1 unspecified atom stereocenters. The number of hydrogen-bond donors (Lipinski definition) is 4. The van der Waals surface area contributed by atoms with Gasteiger partial charge < -0.3 is 25.8 Å². The Morgan fingerprint density at radius 2 is 1.29 bits per heavy atom. The van der Waals surface area contributed by atoms with Gasteiger partial charge in [0.2, 0.25) is 0 Å². The highest BCUT2D eigenvalue weighted by Gasteiger charge is 2.34. The molecule has 10 heteroatoms. The fourth-order valence-electron chi connectivity index (χ4n) is 5.42. The van der Waals surface area contributed by atoms with Gasteiger partial charge in [-0.15, -0.1) is 0 Å². The Kier molecular flexibility index (Phi) is 8.19. The van der Waals surface area contributed by atoms with E-state index in [2.05, 4.69) is 20.9 Å². The first-order chi connectivity index (χ1) is 18.5. The fourth-order valence-corrected chi connectivity index (χ4v) is 5.42. The van der Waals surface area contributed by atoms with Gasteiger partial charge >= 0.3 is 11.7 Å². The third kappa shape index (κ3) is 6.14. The van der Waals surface area contributed by atoms with Gasteiger partial charge in [-0.3, -0.25) is 4.57 Å². The van der Waals surface area contributed by atoms with Crippen LogP contribution in [0.5, 0.6) is 0 Å². The highest BCUT2D eigenvalue weighted by Crippen LogP contribution is 2.25. The molecular formula is C28H34F2N6O2. The summed E-state index contributed by atoms with van der Waals surface area (Å²) in [5.74, 6) is -0.521. The molecule has 3 aliphatic rings. The van der Waals surface area contributed by atoms with E-state index in [0.29, 0.717) is 12.6 Å². The minimum Gasteiger partial charge on any atom is -0.329 e. The zero-order chi connectivity index (χ0) is 26.5. The number of aromatic amines is 1. The van der Waals surface area contributed by atoms with E-state index < -0.39 is 0 Å². The Morgan fingerprint density at radius 3 is 1.89 bits per heavy atom. The maximum absolute atomic E-state index is 12.9. The predicted molar refractivity (Wildman–Crippen MR) is 142 cm³/mol. The van der Waals surface area contributed by atoms with Gasteiger partial charge in [-0.05, 0) is 99.4 Å². The summed E-state index contributed by atoms with van der Waals surface area (Å²) in [6, 6.07) is 13.1.